The molecule has 1 aromatic rings. The van der Waals surface area contributed by atoms with Crippen LogP contribution >= 0.6 is 0 Å². The van der Waals surface area contributed by atoms with Gasteiger partial charge in [0.05, 0.1) is 17.5 Å². The Bertz CT molecular complexity index is 512. The average molecular weight is 279 g/mol. The molecular formula is C14H21N3O3. The van der Waals surface area contributed by atoms with Crippen LogP contribution in [-0.2, 0) is 16.6 Å². The third-order valence-electron chi connectivity index (χ3n) is 4.26. The largest absolute Gasteiger partial charge is 0.481 e. The molecule has 1 aliphatic rings. The Kier molecular flexibility index (Phi) is 4.11. The number of aliphatic carboxylic acids is 1. The van der Waals surface area contributed by atoms with E-state index in [-0.39, 0.29) is 17.9 Å². The van der Waals surface area contributed by atoms with Gasteiger partial charge >= 0.3 is 5.97 Å². The molecule has 0 saturated carbocycles. The van der Waals surface area contributed by atoms with Gasteiger partial charge in [-0.25, -0.2) is 0 Å². The number of carboxylic acids is 1. The van der Waals surface area contributed by atoms with Gasteiger partial charge in [-0.3, -0.25) is 14.3 Å². The lowest BCUT2D eigenvalue weighted by Gasteiger charge is -2.38. The number of carboxylic acid groups (broad SMARTS) is 1. The lowest BCUT2D eigenvalue weighted by atomic mass is 9.89. The first-order chi connectivity index (χ1) is 9.43. The standard InChI is InChI=1S/C14H21N3O3/c1-9(12-6-7-15-16(12)3)13(18)17-8-4-5-11(10(17)2)14(19)20/h6-7,9-11H,4-5,8H2,1-3H3,(H,19,20)/t9?,10-,11-/m0/s1. The summed E-state index contributed by atoms with van der Waals surface area (Å²) in [4.78, 5) is 25.6. The van der Waals surface area contributed by atoms with E-state index in [0.717, 1.165) is 12.1 Å². The van der Waals surface area contributed by atoms with Gasteiger partial charge in [-0.15, -0.1) is 0 Å². The Labute approximate surface area is 118 Å². The van der Waals surface area contributed by atoms with Gasteiger partial charge in [-0.2, -0.15) is 5.10 Å². The summed E-state index contributed by atoms with van der Waals surface area (Å²) in [6.45, 7) is 4.30. The molecular weight excluding hydrogens is 258 g/mol. The predicted molar refractivity (Wildman–Crippen MR) is 73.2 cm³/mol. The molecule has 20 heavy (non-hydrogen) atoms. The van der Waals surface area contributed by atoms with Crippen molar-refractivity contribution in [2.75, 3.05) is 6.54 Å². The van der Waals surface area contributed by atoms with Crippen molar-refractivity contribution < 1.29 is 14.7 Å². The predicted octanol–water partition coefficient (Wildman–Crippen LogP) is 1.24. The minimum absolute atomic E-state index is 0.0212. The van der Waals surface area contributed by atoms with Gasteiger partial charge in [-0.1, -0.05) is 0 Å². The summed E-state index contributed by atoms with van der Waals surface area (Å²) in [5.74, 6) is -1.61. The van der Waals surface area contributed by atoms with Crippen molar-refractivity contribution in [3.8, 4) is 0 Å². The first-order valence-corrected chi connectivity index (χ1v) is 6.94. The van der Waals surface area contributed by atoms with E-state index in [9.17, 15) is 14.7 Å². The van der Waals surface area contributed by atoms with Crippen LogP contribution in [0.2, 0.25) is 0 Å². The van der Waals surface area contributed by atoms with E-state index in [0.29, 0.717) is 13.0 Å². The highest BCUT2D eigenvalue weighted by Gasteiger charge is 2.37. The highest BCUT2D eigenvalue weighted by molar-refractivity contribution is 5.84. The number of carbonyl (C=O) groups excluding carboxylic acids is 1. The van der Waals surface area contributed by atoms with Crippen molar-refractivity contribution in [2.45, 2.75) is 38.6 Å². The fraction of sp³-hybridized carbons (Fsp3) is 0.643. The van der Waals surface area contributed by atoms with Gasteiger partial charge in [0.2, 0.25) is 5.91 Å². The van der Waals surface area contributed by atoms with Crippen LogP contribution in [0.25, 0.3) is 0 Å². The van der Waals surface area contributed by atoms with Crippen molar-refractivity contribution >= 4 is 11.9 Å². The summed E-state index contributed by atoms with van der Waals surface area (Å²) in [5.41, 5.74) is 0.847. The molecule has 2 rings (SSSR count). The molecule has 0 aliphatic carbocycles. The maximum Gasteiger partial charge on any atom is 0.308 e. The molecule has 1 unspecified atom stereocenters. The van der Waals surface area contributed by atoms with Gasteiger partial charge in [0, 0.05) is 25.8 Å². The number of likely N-dealkylation sites (tertiary alicyclic amines) is 1. The van der Waals surface area contributed by atoms with E-state index in [2.05, 4.69) is 5.10 Å². The van der Waals surface area contributed by atoms with Crippen molar-refractivity contribution in [1.82, 2.24) is 14.7 Å². The van der Waals surface area contributed by atoms with Crippen LogP contribution in [0.1, 0.15) is 38.3 Å². The topological polar surface area (TPSA) is 75.4 Å². The molecule has 110 valence electrons. The molecule has 1 N–H and O–H groups in total. The molecule has 0 radical (unpaired) electrons. The SMILES string of the molecule is CC(C(=O)N1CCC[C@H](C(=O)O)[C@@H]1C)c1ccnn1C. The zero-order valence-corrected chi connectivity index (χ0v) is 12.1. The summed E-state index contributed by atoms with van der Waals surface area (Å²) in [7, 11) is 1.80. The summed E-state index contributed by atoms with van der Waals surface area (Å²) in [5, 5.41) is 13.3. The molecule has 1 fully saturated rings. The summed E-state index contributed by atoms with van der Waals surface area (Å²) in [6.07, 6.45) is 3.05. The second-order valence-corrected chi connectivity index (χ2v) is 5.46. The van der Waals surface area contributed by atoms with E-state index in [1.165, 1.54) is 0 Å². The average Bonchev–Trinajstić information content (AvgIpc) is 2.83. The number of hydrogen-bond acceptors (Lipinski definition) is 3. The molecule has 1 amide bonds. The van der Waals surface area contributed by atoms with Crippen LogP contribution in [-0.4, -0.2) is 44.3 Å². The van der Waals surface area contributed by atoms with Crippen LogP contribution in [0.5, 0.6) is 0 Å². The Morgan fingerprint density at radius 2 is 2.20 bits per heavy atom. The van der Waals surface area contributed by atoms with Gasteiger partial charge in [0.15, 0.2) is 0 Å². The van der Waals surface area contributed by atoms with E-state index in [1.54, 1.807) is 22.8 Å². The zero-order chi connectivity index (χ0) is 14.9. The summed E-state index contributed by atoms with van der Waals surface area (Å²) >= 11 is 0. The lowest BCUT2D eigenvalue weighted by molar-refractivity contribution is -0.149. The van der Waals surface area contributed by atoms with E-state index in [4.69, 9.17) is 0 Å². The quantitative estimate of drug-likeness (QED) is 0.903. The molecule has 0 bridgehead atoms. The second kappa shape index (κ2) is 5.64. The third kappa shape index (κ3) is 2.55. The molecule has 3 atom stereocenters. The summed E-state index contributed by atoms with van der Waals surface area (Å²) < 4.78 is 1.69. The van der Waals surface area contributed by atoms with Crippen LogP contribution in [0.4, 0.5) is 0 Å². The van der Waals surface area contributed by atoms with Gasteiger partial charge in [0.1, 0.15) is 0 Å². The fourth-order valence-corrected chi connectivity index (χ4v) is 2.97. The minimum atomic E-state index is -0.816. The molecule has 6 heteroatoms. The Hall–Kier alpha value is -1.85. The normalized spacial score (nSPS) is 24.4. The van der Waals surface area contributed by atoms with Crippen molar-refractivity contribution in [3.63, 3.8) is 0 Å². The van der Waals surface area contributed by atoms with E-state index in [1.807, 2.05) is 19.9 Å². The summed E-state index contributed by atoms with van der Waals surface area (Å²) in [6, 6.07) is 1.57. The van der Waals surface area contributed by atoms with Gasteiger partial charge < -0.3 is 10.0 Å². The number of carbonyl (C=O) groups is 2. The first-order valence-electron chi connectivity index (χ1n) is 6.94. The number of aryl methyl sites for hydroxylation is 1. The van der Waals surface area contributed by atoms with Gasteiger partial charge in [0.25, 0.3) is 0 Å². The Morgan fingerprint density at radius 1 is 1.50 bits per heavy atom. The number of nitrogens with zero attached hydrogens (tertiary/aromatic N) is 3. The monoisotopic (exact) mass is 279 g/mol. The number of hydrogen-bond donors (Lipinski definition) is 1. The molecule has 0 aromatic carbocycles. The number of aromatic nitrogens is 2. The highest BCUT2D eigenvalue weighted by atomic mass is 16.4. The zero-order valence-electron chi connectivity index (χ0n) is 12.1. The van der Waals surface area contributed by atoms with Crippen LogP contribution in [0.3, 0.4) is 0 Å². The second-order valence-electron chi connectivity index (χ2n) is 5.46. The highest BCUT2D eigenvalue weighted by Crippen LogP contribution is 2.27. The molecule has 1 saturated heterocycles. The lowest BCUT2D eigenvalue weighted by Crippen LogP contribution is -2.50. The van der Waals surface area contributed by atoms with Crippen molar-refractivity contribution in [3.05, 3.63) is 18.0 Å². The maximum absolute atomic E-state index is 12.6. The number of piperidine rings is 1. The van der Waals surface area contributed by atoms with Crippen molar-refractivity contribution in [1.29, 1.82) is 0 Å². The molecule has 2 heterocycles. The third-order valence-corrected chi connectivity index (χ3v) is 4.26. The maximum atomic E-state index is 12.6. The van der Waals surface area contributed by atoms with Crippen LogP contribution in [0, 0.1) is 5.92 Å². The Morgan fingerprint density at radius 3 is 2.75 bits per heavy atom. The van der Waals surface area contributed by atoms with E-state index < -0.39 is 11.9 Å². The van der Waals surface area contributed by atoms with Crippen molar-refractivity contribution in [2.24, 2.45) is 13.0 Å². The molecule has 6 nitrogen and oxygen atoms in total. The smallest absolute Gasteiger partial charge is 0.308 e. The number of rotatable bonds is 3. The number of amides is 1. The Balaban J connectivity index is 2.16. The first kappa shape index (κ1) is 14.6. The fourth-order valence-electron chi connectivity index (χ4n) is 2.97. The van der Waals surface area contributed by atoms with E-state index >= 15 is 0 Å². The van der Waals surface area contributed by atoms with Crippen LogP contribution in [0.15, 0.2) is 12.3 Å². The molecule has 0 spiro atoms. The minimum Gasteiger partial charge on any atom is -0.481 e. The molecule has 1 aliphatic heterocycles. The van der Waals surface area contributed by atoms with Crippen LogP contribution < -0.4 is 0 Å². The van der Waals surface area contributed by atoms with Gasteiger partial charge in [-0.05, 0) is 32.8 Å². The molecule has 1 aromatic heterocycles.